The Labute approximate surface area is 108 Å². The third-order valence-electron chi connectivity index (χ3n) is 2.11. The molecule has 0 atom stereocenters. The third kappa shape index (κ3) is 4.73. The van der Waals surface area contributed by atoms with Crippen molar-refractivity contribution in [1.29, 1.82) is 0 Å². The van der Waals surface area contributed by atoms with Gasteiger partial charge in [-0.3, -0.25) is 0 Å². The van der Waals surface area contributed by atoms with Gasteiger partial charge in [0, 0.05) is 17.7 Å². The smallest absolute Gasteiger partial charge is 0.331 e. The van der Waals surface area contributed by atoms with E-state index in [1.165, 1.54) is 6.08 Å². The van der Waals surface area contributed by atoms with Gasteiger partial charge in [0.15, 0.2) is 0 Å². The van der Waals surface area contributed by atoms with Crippen molar-refractivity contribution >= 4 is 12.0 Å². The van der Waals surface area contributed by atoms with E-state index in [1.807, 2.05) is 20.8 Å². The van der Waals surface area contributed by atoms with Crippen LogP contribution in [-0.4, -0.2) is 21.5 Å². The minimum absolute atomic E-state index is 0.0298. The lowest BCUT2D eigenvalue weighted by atomic mass is 9.96. The number of aromatic nitrogens is 2. The van der Waals surface area contributed by atoms with Gasteiger partial charge in [0.25, 0.3) is 0 Å². The molecule has 0 aliphatic heterocycles. The summed E-state index contributed by atoms with van der Waals surface area (Å²) in [7, 11) is 0. The van der Waals surface area contributed by atoms with Crippen LogP contribution in [0.4, 0.5) is 0 Å². The standard InChI is InChI=1S/C14H22N2O2/c1-13(2,3)12-15-9-10(16-12)7-8-11(17)18-14(4,5)6/h7-9H,1-6H3,(H,15,16)/b8-7+. The predicted molar refractivity (Wildman–Crippen MR) is 72.2 cm³/mol. The van der Waals surface area contributed by atoms with E-state index in [4.69, 9.17) is 4.74 Å². The van der Waals surface area contributed by atoms with E-state index in [2.05, 4.69) is 30.7 Å². The van der Waals surface area contributed by atoms with Crippen LogP contribution in [0.5, 0.6) is 0 Å². The Bertz CT molecular complexity index is 445. The summed E-state index contributed by atoms with van der Waals surface area (Å²) in [4.78, 5) is 19.0. The first-order chi connectivity index (χ1) is 8.08. The Morgan fingerprint density at radius 3 is 2.33 bits per heavy atom. The number of rotatable bonds is 2. The number of H-pyrrole nitrogens is 1. The molecule has 0 fully saturated rings. The maximum Gasteiger partial charge on any atom is 0.331 e. The number of hydrogen-bond acceptors (Lipinski definition) is 3. The number of esters is 1. The van der Waals surface area contributed by atoms with Gasteiger partial charge >= 0.3 is 5.97 Å². The van der Waals surface area contributed by atoms with Crippen molar-refractivity contribution in [2.75, 3.05) is 0 Å². The predicted octanol–water partition coefficient (Wildman–Crippen LogP) is 3.06. The highest BCUT2D eigenvalue weighted by Gasteiger charge is 2.17. The second-order valence-electron chi connectivity index (χ2n) is 6.29. The van der Waals surface area contributed by atoms with Crippen LogP contribution in [-0.2, 0) is 14.9 Å². The fourth-order valence-corrected chi connectivity index (χ4v) is 1.29. The molecule has 0 radical (unpaired) electrons. The van der Waals surface area contributed by atoms with E-state index in [9.17, 15) is 4.79 Å². The fraction of sp³-hybridized carbons (Fsp3) is 0.571. The maximum atomic E-state index is 11.5. The van der Waals surface area contributed by atoms with Crippen LogP contribution in [0.15, 0.2) is 12.3 Å². The summed E-state index contributed by atoms with van der Waals surface area (Å²) in [6, 6.07) is 0. The molecular weight excluding hydrogens is 228 g/mol. The zero-order chi connectivity index (χ0) is 14.0. The van der Waals surface area contributed by atoms with Crippen molar-refractivity contribution in [2.45, 2.75) is 52.6 Å². The lowest BCUT2D eigenvalue weighted by Gasteiger charge is -2.17. The van der Waals surface area contributed by atoms with Gasteiger partial charge in [-0.15, -0.1) is 0 Å². The van der Waals surface area contributed by atoms with E-state index >= 15 is 0 Å². The summed E-state index contributed by atoms with van der Waals surface area (Å²) >= 11 is 0. The first-order valence-corrected chi connectivity index (χ1v) is 6.05. The molecule has 0 unspecified atom stereocenters. The van der Waals surface area contributed by atoms with Crippen LogP contribution in [0.1, 0.15) is 53.1 Å². The van der Waals surface area contributed by atoms with Gasteiger partial charge in [-0.25, -0.2) is 9.78 Å². The fourth-order valence-electron chi connectivity index (χ4n) is 1.29. The molecule has 0 aromatic carbocycles. The SMILES string of the molecule is CC(C)(C)OC(=O)/C=C/c1c[nH]c(C(C)(C)C)n1. The molecular formula is C14H22N2O2. The number of carbonyl (C=O) groups is 1. The summed E-state index contributed by atoms with van der Waals surface area (Å²) in [5.41, 5.74) is 0.229. The van der Waals surface area contributed by atoms with Crippen LogP contribution in [0.3, 0.4) is 0 Å². The highest BCUT2D eigenvalue weighted by molar-refractivity contribution is 5.86. The van der Waals surface area contributed by atoms with E-state index in [1.54, 1.807) is 12.3 Å². The van der Waals surface area contributed by atoms with Crippen molar-refractivity contribution in [3.05, 3.63) is 23.8 Å². The zero-order valence-electron chi connectivity index (χ0n) is 12.0. The molecule has 1 heterocycles. The molecule has 0 aliphatic rings. The van der Waals surface area contributed by atoms with Crippen molar-refractivity contribution in [1.82, 2.24) is 9.97 Å². The molecule has 0 saturated carbocycles. The second-order valence-corrected chi connectivity index (χ2v) is 6.29. The van der Waals surface area contributed by atoms with Gasteiger partial charge in [-0.1, -0.05) is 20.8 Å². The molecule has 4 heteroatoms. The molecule has 0 bridgehead atoms. The molecule has 100 valence electrons. The van der Waals surface area contributed by atoms with E-state index in [-0.39, 0.29) is 11.4 Å². The topological polar surface area (TPSA) is 55.0 Å². The van der Waals surface area contributed by atoms with Crippen LogP contribution in [0.2, 0.25) is 0 Å². The van der Waals surface area contributed by atoms with Gasteiger partial charge in [-0.2, -0.15) is 0 Å². The summed E-state index contributed by atoms with van der Waals surface area (Å²) in [5.74, 6) is 0.536. The van der Waals surface area contributed by atoms with Crippen molar-refractivity contribution < 1.29 is 9.53 Å². The number of carbonyl (C=O) groups excluding carboxylic acids is 1. The Balaban J connectivity index is 2.68. The number of nitrogens with one attached hydrogen (secondary N) is 1. The first kappa shape index (κ1) is 14.5. The summed E-state index contributed by atoms with van der Waals surface area (Å²) in [5, 5.41) is 0. The number of nitrogens with zero attached hydrogens (tertiary/aromatic N) is 1. The van der Waals surface area contributed by atoms with Gasteiger partial charge < -0.3 is 9.72 Å². The average Bonchev–Trinajstić information content (AvgIpc) is 2.59. The normalized spacial score (nSPS) is 13.0. The highest BCUT2D eigenvalue weighted by atomic mass is 16.6. The van der Waals surface area contributed by atoms with Gasteiger partial charge in [0.05, 0.1) is 5.69 Å². The zero-order valence-corrected chi connectivity index (χ0v) is 12.0. The van der Waals surface area contributed by atoms with Gasteiger partial charge in [0.2, 0.25) is 0 Å². The number of ether oxygens (including phenoxy) is 1. The number of hydrogen-bond donors (Lipinski definition) is 1. The number of imidazole rings is 1. The lowest BCUT2D eigenvalue weighted by molar-refractivity contribution is -0.148. The minimum atomic E-state index is -0.469. The van der Waals surface area contributed by atoms with Gasteiger partial charge in [0.1, 0.15) is 11.4 Å². The molecule has 1 rings (SSSR count). The van der Waals surface area contributed by atoms with Crippen molar-refractivity contribution in [2.24, 2.45) is 0 Å². The third-order valence-corrected chi connectivity index (χ3v) is 2.11. The Hall–Kier alpha value is -1.58. The van der Waals surface area contributed by atoms with E-state index in [0.29, 0.717) is 0 Å². The van der Waals surface area contributed by atoms with Crippen LogP contribution < -0.4 is 0 Å². The van der Waals surface area contributed by atoms with E-state index < -0.39 is 5.60 Å². The maximum absolute atomic E-state index is 11.5. The first-order valence-electron chi connectivity index (χ1n) is 6.05. The van der Waals surface area contributed by atoms with Crippen molar-refractivity contribution in [3.8, 4) is 0 Å². The van der Waals surface area contributed by atoms with Crippen LogP contribution in [0.25, 0.3) is 6.08 Å². The lowest BCUT2D eigenvalue weighted by Crippen LogP contribution is -2.22. The molecule has 0 saturated heterocycles. The summed E-state index contributed by atoms with van der Waals surface area (Å²) < 4.78 is 5.17. The second kappa shape index (κ2) is 4.96. The monoisotopic (exact) mass is 250 g/mol. The molecule has 18 heavy (non-hydrogen) atoms. The van der Waals surface area contributed by atoms with Crippen molar-refractivity contribution in [3.63, 3.8) is 0 Å². The van der Waals surface area contributed by atoms with Crippen LogP contribution in [0, 0.1) is 0 Å². The van der Waals surface area contributed by atoms with Gasteiger partial charge in [-0.05, 0) is 26.8 Å². The Kier molecular flexibility index (Phi) is 3.99. The largest absolute Gasteiger partial charge is 0.457 e. The average molecular weight is 250 g/mol. The summed E-state index contributed by atoms with van der Waals surface area (Å²) in [6.45, 7) is 11.7. The Morgan fingerprint density at radius 2 is 1.89 bits per heavy atom. The van der Waals surface area contributed by atoms with E-state index in [0.717, 1.165) is 11.5 Å². The molecule has 1 aromatic rings. The quantitative estimate of drug-likeness (QED) is 0.648. The molecule has 0 aliphatic carbocycles. The van der Waals surface area contributed by atoms with Crippen LogP contribution >= 0.6 is 0 Å². The molecule has 4 nitrogen and oxygen atoms in total. The highest BCUT2D eigenvalue weighted by Crippen LogP contribution is 2.18. The Morgan fingerprint density at radius 1 is 1.28 bits per heavy atom. The molecule has 1 aromatic heterocycles. The minimum Gasteiger partial charge on any atom is -0.457 e. The molecule has 0 spiro atoms. The molecule has 0 amide bonds. The number of aromatic amines is 1. The summed E-state index contributed by atoms with van der Waals surface area (Å²) in [6.07, 6.45) is 4.83. The molecule has 1 N–H and O–H groups in total.